The molecule has 0 fully saturated rings. The molecular weight excluding hydrogens is 338 g/mol. The smallest absolute Gasteiger partial charge is 0.238 e. The highest BCUT2D eigenvalue weighted by molar-refractivity contribution is 9.10. The van der Waals surface area contributed by atoms with Crippen LogP contribution in [0, 0.1) is 0 Å². The second-order valence-corrected chi connectivity index (χ2v) is 6.67. The van der Waals surface area contributed by atoms with Crippen molar-refractivity contribution in [2.75, 3.05) is 36.7 Å². The predicted molar refractivity (Wildman–Crippen MR) is 92.3 cm³/mol. The summed E-state index contributed by atoms with van der Waals surface area (Å²) in [4.78, 5) is 14.1. The Morgan fingerprint density at radius 1 is 1.55 bits per heavy atom. The summed E-state index contributed by atoms with van der Waals surface area (Å²) in [5.74, 6) is 1.09. The van der Waals surface area contributed by atoms with Crippen LogP contribution in [0.15, 0.2) is 22.7 Å². The maximum Gasteiger partial charge on any atom is 0.238 e. The SMILES string of the molecule is CSCCC(C)N(C)CC(=O)Nc1ccc(N)cc1Br. The fraction of sp³-hybridized carbons (Fsp3) is 0.500. The summed E-state index contributed by atoms with van der Waals surface area (Å²) in [6.07, 6.45) is 3.18. The molecule has 0 heterocycles. The van der Waals surface area contributed by atoms with Gasteiger partial charge >= 0.3 is 0 Å². The number of benzene rings is 1. The van der Waals surface area contributed by atoms with Crippen LogP contribution in [0.3, 0.4) is 0 Å². The molecule has 1 unspecified atom stereocenters. The summed E-state index contributed by atoms with van der Waals surface area (Å²) in [6, 6.07) is 5.74. The van der Waals surface area contributed by atoms with E-state index in [1.807, 2.05) is 18.8 Å². The number of nitrogen functional groups attached to an aromatic ring is 1. The van der Waals surface area contributed by atoms with Crippen LogP contribution in [0.4, 0.5) is 11.4 Å². The van der Waals surface area contributed by atoms with Crippen molar-refractivity contribution in [3.05, 3.63) is 22.7 Å². The monoisotopic (exact) mass is 359 g/mol. The van der Waals surface area contributed by atoms with E-state index in [4.69, 9.17) is 5.73 Å². The van der Waals surface area contributed by atoms with Crippen molar-refractivity contribution < 1.29 is 4.79 Å². The third kappa shape index (κ3) is 5.73. The van der Waals surface area contributed by atoms with E-state index < -0.39 is 0 Å². The Morgan fingerprint density at radius 2 is 2.25 bits per heavy atom. The van der Waals surface area contributed by atoms with Crippen LogP contribution in [-0.4, -0.2) is 42.4 Å². The minimum atomic E-state index is -0.0195. The number of rotatable bonds is 7. The lowest BCUT2D eigenvalue weighted by Gasteiger charge is -2.23. The van der Waals surface area contributed by atoms with E-state index in [2.05, 4.69) is 39.3 Å². The lowest BCUT2D eigenvalue weighted by atomic mass is 10.2. The van der Waals surface area contributed by atoms with Gasteiger partial charge in [-0.15, -0.1) is 0 Å². The number of nitrogens with two attached hydrogens (primary N) is 1. The third-order valence-electron chi connectivity index (χ3n) is 3.15. The number of amides is 1. The molecule has 0 radical (unpaired) electrons. The predicted octanol–water partition coefficient (Wildman–Crippen LogP) is 3.04. The Bertz CT molecular complexity index is 456. The van der Waals surface area contributed by atoms with Crippen molar-refractivity contribution in [3.63, 3.8) is 0 Å². The van der Waals surface area contributed by atoms with Gasteiger partial charge in [-0.2, -0.15) is 11.8 Å². The molecule has 6 heteroatoms. The molecule has 0 spiro atoms. The highest BCUT2D eigenvalue weighted by Gasteiger charge is 2.13. The molecule has 0 bridgehead atoms. The van der Waals surface area contributed by atoms with Gasteiger partial charge in [0.05, 0.1) is 12.2 Å². The molecule has 0 saturated carbocycles. The zero-order valence-corrected chi connectivity index (χ0v) is 14.6. The molecule has 0 saturated heterocycles. The van der Waals surface area contributed by atoms with Gasteiger partial charge in [-0.3, -0.25) is 9.69 Å². The summed E-state index contributed by atoms with van der Waals surface area (Å²) in [6.45, 7) is 2.52. The number of carbonyl (C=O) groups excluding carboxylic acids is 1. The molecule has 0 aromatic heterocycles. The Hall–Kier alpha value is -0.720. The minimum Gasteiger partial charge on any atom is -0.399 e. The van der Waals surface area contributed by atoms with E-state index in [1.165, 1.54) is 0 Å². The van der Waals surface area contributed by atoms with Crippen LogP contribution in [0.25, 0.3) is 0 Å². The summed E-state index contributed by atoms with van der Waals surface area (Å²) >= 11 is 5.22. The average molecular weight is 360 g/mol. The highest BCUT2D eigenvalue weighted by Crippen LogP contribution is 2.24. The Balaban J connectivity index is 2.50. The van der Waals surface area contributed by atoms with Crippen molar-refractivity contribution in [2.24, 2.45) is 0 Å². The molecule has 0 aliphatic heterocycles. The van der Waals surface area contributed by atoms with Gasteiger partial charge in [0.15, 0.2) is 0 Å². The van der Waals surface area contributed by atoms with E-state index >= 15 is 0 Å². The number of nitrogens with one attached hydrogen (secondary N) is 1. The summed E-state index contributed by atoms with van der Waals surface area (Å²) in [5.41, 5.74) is 7.08. The van der Waals surface area contributed by atoms with Crippen molar-refractivity contribution >= 4 is 45.0 Å². The molecule has 3 N–H and O–H groups in total. The van der Waals surface area contributed by atoms with Crippen LogP contribution in [0.1, 0.15) is 13.3 Å². The van der Waals surface area contributed by atoms with Gasteiger partial charge in [0.2, 0.25) is 5.91 Å². The van der Waals surface area contributed by atoms with E-state index in [1.54, 1.807) is 18.2 Å². The molecule has 20 heavy (non-hydrogen) atoms. The van der Waals surface area contributed by atoms with Crippen LogP contribution >= 0.6 is 27.7 Å². The number of hydrogen-bond acceptors (Lipinski definition) is 4. The molecule has 1 aromatic carbocycles. The van der Waals surface area contributed by atoms with Gasteiger partial charge in [0.25, 0.3) is 0 Å². The molecule has 1 rings (SSSR count). The first-order chi connectivity index (χ1) is 9.43. The van der Waals surface area contributed by atoms with Gasteiger partial charge < -0.3 is 11.1 Å². The molecule has 4 nitrogen and oxygen atoms in total. The van der Waals surface area contributed by atoms with Gasteiger partial charge in [-0.1, -0.05) is 0 Å². The Labute approximate surface area is 133 Å². The van der Waals surface area contributed by atoms with Crippen LogP contribution < -0.4 is 11.1 Å². The number of thioether (sulfide) groups is 1. The standard InChI is InChI=1S/C14H22BrN3OS/c1-10(6-7-20-3)18(2)9-14(19)17-13-5-4-11(16)8-12(13)15/h4-5,8,10H,6-7,9,16H2,1-3H3,(H,17,19). The Morgan fingerprint density at radius 3 is 2.85 bits per heavy atom. The van der Waals surface area contributed by atoms with Crippen molar-refractivity contribution in [2.45, 2.75) is 19.4 Å². The van der Waals surface area contributed by atoms with Crippen molar-refractivity contribution in [1.82, 2.24) is 4.90 Å². The fourth-order valence-corrected chi connectivity index (χ4v) is 2.79. The largest absolute Gasteiger partial charge is 0.399 e. The molecule has 112 valence electrons. The first-order valence-electron chi connectivity index (χ1n) is 6.48. The average Bonchev–Trinajstić information content (AvgIpc) is 2.39. The van der Waals surface area contributed by atoms with Crippen LogP contribution in [-0.2, 0) is 4.79 Å². The fourth-order valence-electron chi connectivity index (χ4n) is 1.71. The zero-order valence-electron chi connectivity index (χ0n) is 12.1. The number of anilines is 2. The van der Waals surface area contributed by atoms with Gasteiger partial charge in [0, 0.05) is 16.2 Å². The van der Waals surface area contributed by atoms with E-state index in [-0.39, 0.29) is 5.91 Å². The molecule has 0 aliphatic carbocycles. The van der Waals surface area contributed by atoms with E-state index in [0.717, 1.165) is 22.3 Å². The number of likely N-dealkylation sites (N-methyl/N-ethyl adjacent to an activating group) is 1. The molecule has 1 aromatic rings. The lowest BCUT2D eigenvalue weighted by Crippen LogP contribution is -2.36. The topological polar surface area (TPSA) is 58.4 Å². The number of hydrogen-bond donors (Lipinski definition) is 2. The summed E-state index contributed by atoms with van der Waals surface area (Å²) in [5, 5.41) is 2.89. The zero-order chi connectivity index (χ0) is 15.1. The number of halogens is 1. The maximum absolute atomic E-state index is 12.0. The minimum absolute atomic E-state index is 0.0195. The summed E-state index contributed by atoms with van der Waals surface area (Å²) in [7, 11) is 1.97. The number of nitrogens with zero attached hydrogens (tertiary/aromatic N) is 1. The third-order valence-corrected chi connectivity index (χ3v) is 4.45. The van der Waals surface area contributed by atoms with Crippen LogP contribution in [0.5, 0.6) is 0 Å². The van der Waals surface area contributed by atoms with Crippen molar-refractivity contribution in [3.8, 4) is 0 Å². The van der Waals surface area contributed by atoms with E-state index in [0.29, 0.717) is 18.3 Å². The molecule has 1 amide bonds. The second-order valence-electron chi connectivity index (χ2n) is 4.83. The Kier molecular flexibility index (Phi) is 7.40. The summed E-state index contributed by atoms with van der Waals surface area (Å²) < 4.78 is 0.795. The first kappa shape index (κ1) is 17.3. The maximum atomic E-state index is 12.0. The van der Waals surface area contributed by atoms with Crippen molar-refractivity contribution in [1.29, 1.82) is 0 Å². The molecular formula is C14H22BrN3OS. The quantitative estimate of drug-likeness (QED) is 0.734. The van der Waals surface area contributed by atoms with Gasteiger partial charge in [0.1, 0.15) is 0 Å². The first-order valence-corrected chi connectivity index (χ1v) is 8.66. The molecule has 1 atom stereocenters. The normalized spacial score (nSPS) is 12.4. The van der Waals surface area contributed by atoms with Gasteiger partial charge in [-0.05, 0) is 66.5 Å². The van der Waals surface area contributed by atoms with Crippen LogP contribution in [0.2, 0.25) is 0 Å². The highest BCUT2D eigenvalue weighted by atomic mass is 79.9. The lowest BCUT2D eigenvalue weighted by molar-refractivity contribution is -0.117. The number of carbonyl (C=O) groups is 1. The van der Waals surface area contributed by atoms with Gasteiger partial charge in [-0.25, -0.2) is 0 Å². The van der Waals surface area contributed by atoms with E-state index in [9.17, 15) is 4.79 Å². The second kappa shape index (κ2) is 8.54. The molecule has 0 aliphatic rings.